The first kappa shape index (κ1) is 22.4. The first-order chi connectivity index (χ1) is 14.9. The number of carbonyl (C=O) groups excluding carboxylic acids is 1. The highest BCUT2D eigenvalue weighted by Gasteiger charge is 2.15. The molecule has 1 amide bonds. The van der Waals surface area contributed by atoms with E-state index in [0.29, 0.717) is 23.0 Å². The largest absolute Gasteiger partial charge is 0.483 e. The number of nitrogens with one attached hydrogen (secondary N) is 2. The lowest BCUT2D eigenvalue weighted by molar-refractivity contribution is -0.118. The third-order valence-electron chi connectivity index (χ3n) is 4.90. The molecule has 162 valence electrons. The van der Waals surface area contributed by atoms with E-state index in [9.17, 15) is 13.2 Å². The van der Waals surface area contributed by atoms with Crippen LogP contribution in [0.4, 0.5) is 11.4 Å². The molecule has 0 saturated heterocycles. The monoisotopic (exact) mass is 438 g/mol. The Balaban J connectivity index is 1.59. The fourth-order valence-electron chi connectivity index (χ4n) is 3.02. The summed E-state index contributed by atoms with van der Waals surface area (Å²) in [6.07, 6.45) is 0.973. The van der Waals surface area contributed by atoms with Crippen LogP contribution in [-0.2, 0) is 14.8 Å². The van der Waals surface area contributed by atoms with Gasteiger partial charge in [0.1, 0.15) is 5.75 Å². The predicted molar refractivity (Wildman–Crippen MR) is 123 cm³/mol. The predicted octanol–water partition coefficient (Wildman–Crippen LogP) is 5.02. The standard InChI is InChI=1S/C24H26N2O4S/c1-3-18(2)22-11-7-8-12-23(22)30-17-24(27)25-19-13-15-21(16-14-19)31(28,29)26-20-9-5-4-6-10-20/h4-16,18,26H,3,17H2,1-2H3,(H,25,27)/t18-/m0/s1. The summed E-state index contributed by atoms with van der Waals surface area (Å²) in [6, 6.07) is 22.3. The van der Waals surface area contributed by atoms with Gasteiger partial charge in [0, 0.05) is 11.4 Å². The molecule has 0 aromatic heterocycles. The summed E-state index contributed by atoms with van der Waals surface area (Å²) < 4.78 is 33.2. The summed E-state index contributed by atoms with van der Waals surface area (Å²) in [7, 11) is -3.71. The van der Waals surface area contributed by atoms with Crippen molar-refractivity contribution < 1.29 is 17.9 Å². The van der Waals surface area contributed by atoms with E-state index in [1.165, 1.54) is 12.1 Å². The van der Waals surface area contributed by atoms with E-state index in [1.54, 1.807) is 36.4 Å². The minimum absolute atomic E-state index is 0.105. The van der Waals surface area contributed by atoms with Crippen LogP contribution in [0.25, 0.3) is 0 Å². The van der Waals surface area contributed by atoms with Crippen LogP contribution in [0.15, 0.2) is 83.8 Å². The molecule has 0 radical (unpaired) electrons. The zero-order valence-electron chi connectivity index (χ0n) is 17.5. The minimum atomic E-state index is -3.71. The van der Waals surface area contributed by atoms with Gasteiger partial charge in [-0.2, -0.15) is 0 Å². The summed E-state index contributed by atoms with van der Waals surface area (Å²) in [5.41, 5.74) is 2.04. The van der Waals surface area contributed by atoms with E-state index < -0.39 is 10.0 Å². The number of carbonyl (C=O) groups is 1. The first-order valence-corrected chi connectivity index (χ1v) is 11.6. The van der Waals surface area contributed by atoms with E-state index in [0.717, 1.165) is 12.0 Å². The number of anilines is 2. The number of hydrogen-bond donors (Lipinski definition) is 2. The van der Waals surface area contributed by atoms with Gasteiger partial charge in [0.25, 0.3) is 15.9 Å². The topological polar surface area (TPSA) is 84.5 Å². The van der Waals surface area contributed by atoms with Crippen molar-refractivity contribution in [2.45, 2.75) is 31.1 Å². The number of para-hydroxylation sites is 2. The van der Waals surface area contributed by atoms with Gasteiger partial charge in [0.2, 0.25) is 0 Å². The molecule has 2 N–H and O–H groups in total. The van der Waals surface area contributed by atoms with Crippen molar-refractivity contribution in [2.75, 3.05) is 16.6 Å². The Hall–Kier alpha value is -3.32. The second-order valence-corrected chi connectivity index (χ2v) is 8.86. The van der Waals surface area contributed by atoms with Crippen molar-refractivity contribution in [1.82, 2.24) is 0 Å². The smallest absolute Gasteiger partial charge is 0.262 e. The summed E-state index contributed by atoms with van der Waals surface area (Å²) in [6.45, 7) is 4.08. The number of hydrogen-bond acceptors (Lipinski definition) is 4. The molecule has 0 bridgehead atoms. The maximum absolute atomic E-state index is 12.5. The molecule has 6 nitrogen and oxygen atoms in total. The van der Waals surface area contributed by atoms with Gasteiger partial charge >= 0.3 is 0 Å². The first-order valence-electron chi connectivity index (χ1n) is 10.1. The molecular weight excluding hydrogens is 412 g/mol. The van der Waals surface area contributed by atoms with Crippen molar-refractivity contribution in [1.29, 1.82) is 0 Å². The summed E-state index contributed by atoms with van der Waals surface area (Å²) in [5.74, 6) is 0.704. The summed E-state index contributed by atoms with van der Waals surface area (Å²) in [5, 5.41) is 2.72. The van der Waals surface area contributed by atoms with E-state index in [4.69, 9.17) is 4.74 Å². The van der Waals surface area contributed by atoms with E-state index >= 15 is 0 Å². The summed E-state index contributed by atoms with van der Waals surface area (Å²) in [4.78, 5) is 12.4. The van der Waals surface area contributed by atoms with Gasteiger partial charge in [-0.25, -0.2) is 8.42 Å². The average Bonchev–Trinajstić information content (AvgIpc) is 2.78. The van der Waals surface area contributed by atoms with Crippen LogP contribution in [0.3, 0.4) is 0 Å². The quantitative estimate of drug-likeness (QED) is 0.491. The molecule has 31 heavy (non-hydrogen) atoms. The van der Waals surface area contributed by atoms with E-state index in [1.807, 2.05) is 30.3 Å². The molecule has 0 aliphatic carbocycles. The lowest BCUT2D eigenvalue weighted by Gasteiger charge is -2.15. The van der Waals surface area contributed by atoms with Crippen LogP contribution in [0.1, 0.15) is 31.7 Å². The Kier molecular flexibility index (Phi) is 7.31. The van der Waals surface area contributed by atoms with Crippen LogP contribution in [0, 0.1) is 0 Å². The number of amides is 1. The normalized spacial score (nSPS) is 12.1. The van der Waals surface area contributed by atoms with E-state index in [2.05, 4.69) is 23.9 Å². The minimum Gasteiger partial charge on any atom is -0.483 e. The Morgan fingerprint density at radius 1 is 0.903 bits per heavy atom. The number of ether oxygens (including phenoxy) is 1. The number of benzene rings is 3. The SMILES string of the molecule is CC[C@H](C)c1ccccc1OCC(=O)Nc1ccc(S(=O)(=O)Nc2ccccc2)cc1. The molecule has 1 atom stereocenters. The zero-order chi connectivity index (χ0) is 22.3. The zero-order valence-corrected chi connectivity index (χ0v) is 18.4. The fraction of sp³-hybridized carbons (Fsp3) is 0.208. The average molecular weight is 439 g/mol. The highest BCUT2D eigenvalue weighted by molar-refractivity contribution is 7.92. The molecule has 0 fully saturated rings. The second kappa shape index (κ2) is 10.1. The van der Waals surface area contributed by atoms with Gasteiger partial charge in [0.15, 0.2) is 6.61 Å². The van der Waals surface area contributed by atoms with Gasteiger partial charge < -0.3 is 10.1 Å². The van der Waals surface area contributed by atoms with Crippen LogP contribution in [-0.4, -0.2) is 20.9 Å². The molecule has 0 spiro atoms. The van der Waals surface area contributed by atoms with Gasteiger partial charge in [-0.15, -0.1) is 0 Å². The van der Waals surface area contributed by atoms with Crippen LogP contribution in [0.5, 0.6) is 5.75 Å². The Bertz CT molecular complexity index is 1110. The molecule has 3 aromatic rings. The maximum Gasteiger partial charge on any atom is 0.262 e. The Morgan fingerprint density at radius 3 is 2.23 bits per heavy atom. The van der Waals surface area contributed by atoms with E-state index in [-0.39, 0.29) is 17.4 Å². The van der Waals surface area contributed by atoms with Crippen molar-refractivity contribution in [3.63, 3.8) is 0 Å². The molecule has 0 heterocycles. The third-order valence-corrected chi connectivity index (χ3v) is 6.29. The van der Waals surface area contributed by atoms with Crippen molar-refractivity contribution in [2.24, 2.45) is 0 Å². The molecule has 0 saturated carbocycles. The van der Waals surface area contributed by atoms with Crippen LogP contribution in [0.2, 0.25) is 0 Å². The number of sulfonamides is 1. The Labute approximate surface area is 183 Å². The highest BCUT2D eigenvalue weighted by atomic mass is 32.2. The Morgan fingerprint density at radius 2 is 1.55 bits per heavy atom. The molecular formula is C24H26N2O4S. The lowest BCUT2D eigenvalue weighted by atomic mass is 9.98. The summed E-state index contributed by atoms with van der Waals surface area (Å²) >= 11 is 0. The van der Waals surface area contributed by atoms with Crippen LogP contribution < -0.4 is 14.8 Å². The fourth-order valence-corrected chi connectivity index (χ4v) is 4.08. The molecule has 3 rings (SSSR count). The van der Waals surface area contributed by atoms with Crippen molar-refractivity contribution >= 4 is 27.3 Å². The maximum atomic E-state index is 12.5. The lowest BCUT2D eigenvalue weighted by Crippen LogP contribution is -2.20. The molecule has 0 aliphatic heterocycles. The van der Waals surface area contributed by atoms with Gasteiger partial charge in [-0.1, -0.05) is 50.2 Å². The number of rotatable bonds is 9. The van der Waals surface area contributed by atoms with Gasteiger partial charge in [0.05, 0.1) is 4.90 Å². The highest BCUT2D eigenvalue weighted by Crippen LogP contribution is 2.28. The molecule has 3 aromatic carbocycles. The third kappa shape index (κ3) is 6.08. The van der Waals surface area contributed by atoms with Crippen LogP contribution >= 0.6 is 0 Å². The molecule has 0 aliphatic rings. The van der Waals surface area contributed by atoms with Gasteiger partial charge in [-0.3, -0.25) is 9.52 Å². The molecule has 7 heteroatoms. The van der Waals surface area contributed by atoms with Crippen molar-refractivity contribution in [3.8, 4) is 5.75 Å². The van der Waals surface area contributed by atoms with Crippen molar-refractivity contribution in [3.05, 3.63) is 84.4 Å². The van der Waals surface area contributed by atoms with Gasteiger partial charge in [-0.05, 0) is 60.4 Å². The molecule has 0 unspecified atom stereocenters. The second-order valence-electron chi connectivity index (χ2n) is 7.18.